The summed E-state index contributed by atoms with van der Waals surface area (Å²) in [6.07, 6.45) is 1.79. The number of carbonyl (C=O) groups is 1. The van der Waals surface area contributed by atoms with E-state index in [0.717, 1.165) is 17.0 Å². The van der Waals surface area contributed by atoms with E-state index in [1.165, 1.54) is 0 Å². The summed E-state index contributed by atoms with van der Waals surface area (Å²) in [7, 11) is 1.90. The number of carbonyl (C=O) groups excluding carboxylic acids is 1. The summed E-state index contributed by atoms with van der Waals surface area (Å²) < 4.78 is 0. The predicted molar refractivity (Wildman–Crippen MR) is 48.9 cm³/mol. The minimum atomic E-state index is 0.173. The summed E-state index contributed by atoms with van der Waals surface area (Å²) in [5, 5.41) is 0. The van der Waals surface area contributed by atoms with Crippen molar-refractivity contribution in [3.63, 3.8) is 0 Å². The van der Waals surface area contributed by atoms with Crippen molar-refractivity contribution >= 4 is 22.9 Å². The molecule has 1 heterocycles. The SMILES string of the molecule is CC1=CC(=S)CN(C)CC1=O. The Hall–Kier alpha value is -0.540. The first-order chi connectivity index (χ1) is 5.09. The van der Waals surface area contributed by atoms with Crippen LogP contribution in [-0.2, 0) is 4.79 Å². The molecule has 2 nitrogen and oxygen atoms in total. The van der Waals surface area contributed by atoms with Gasteiger partial charge in [0.25, 0.3) is 0 Å². The molecule has 0 aromatic rings. The third kappa shape index (κ3) is 2.20. The predicted octanol–water partition coefficient (Wildman–Crippen LogP) is 0.817. The van der Waals surface area contributed by atoms with Crippen LogP contribution in [0.1, 0.15) is 6.92 Å². The van der Waals surface area contributed by atoms with E-state index in [0.29, 0.717) is 6.54 Å². The Balaban J connectivity index is 2.84. The zero-order chi connectivity index (χ0) is 8.43. The van der Waals surface area contributed by atoms with E-state index < -0.39 is 0 Å². The number of nitrogens with zero attached hydrogens (tertiary/aromatic N) is 1. The lowest BCUT2D eigenvalue weighted by atomic mass is 10.2. The maximum absolute atomic E-state index is 11.2. The van der Waals surface area contributed by atoms with E-state index in [1.54, 1.807) is 6.08 Å². The molecular formula is C8H11NOS. The first-order valence-corrected chi connectivity index (χ1v) is 3.93. The van der Waals surface area contributed by atoms with Crippen molar-refractivity contribution in [3.05, 3.63) is 11.6 Å². The molecule has 0 amide bonds. The van der Waals surface area contributed by atoms with Gasteiger partial charge in [0.15, 0.2) is 5.78 Å². The number of Topliss-reactive ketones (excluding diaryl/α,β-unsaturated/α-hetero) is 1. The van der Waals surface area contributed by atoms with Gasteiger partial charge >= 0.3 is 0 Å². The maximum Gasteiger partial charge on any atom is 0.172 e. The van der Waals surface area contributed by atoms with Gasteiger partial charge in [0.1, 0.15) is 0 Å². The minimum absolute atomic E-state index is 0.173. The molecule has 0 aromatic carbocycles. The molecule has 0 saturated carbocycles. The molecule has 1 aliphatic rings. The molecule has 11 heavy (non-hydrogen) atoms. The molecule has 0 fully saturated rings. The van der Waals surface area contributed by atoms with Gasteiger partial charge in [0.05, 0.1) is 6.54 Å². The van der Waals surface area contributed by atoms with Crippen LogP contribution < -0.4 is 0 Å². The molecule has 0 atom stereocenters. The van der Waals surface area contributed by atoms with Crippen LogP contribution >= 0.6 is 12.2 Å². The highest BCUT2D eigenvalue weighted by molar-refractivity contribution is 7.80. The molecule has 0 N–H and O–H groups in total. The third-order valence-corrected chi connectivity index (χ3v) is 1.90. The topological polar surface area (TPSA) is 20.3 Å². The lowest BCUT2D eigenvalue weighted by Crippen LogP contribution is -2.27. The Morgan fingerprint density at radius 1 is 1.55 bits per heavy atom. The van der Waals surface area contributed by atoms with Gasteiger partial charge in [0.2, 0.25) is 0 Å². The second-order valence-corrected chi connectivity index (χ2v) is 3.41. The smallest absolute Gasteiger partial charge is 0.172 e. The molecule has 0 radical (unpaired) electrons. The summed E-state index contributed by atoms with van der Waals surface area (Å²) in [6, 6.07) is 0. The molecule has 0 aromatic heterocycles. The molecule has 0 unspecified atom stereocenters. The van der Waals surface area contributed by atoms with Crippen molar-refractivity contribution in [1.82, 2.24) is 4.90 Å². The number of thiocarbonyl (C=S) groups is 1. The van der Waals surface area contributed by atoms with Crippen molar-refractivity contribution in [2.75, 3.05) is 20.1 Å². The molecule has 0 saturated heterocycles. The zero-order valence-corrected chi connectivity index (χ0v) is 7.57. The van der Waals surface area contributed by atoms with Gasteiger partial charge in [-0.3, -0.25) is 9.69 Å². The first kappa shape index (κ1) is 8.56. The van der Waals surface area contributed by atoms with E-state index in [1.807, 2.05) is 18.9 Å². The monoisotopic (exact) mass is 169 g/mol. The Labute approximate surface area is 71.9 Å². The fraction of sp³-hybridized carbons (Fsp3) is 0.500. The number of rotatable bonds is 0. The quantitative estimate of drug-likeness (QED) is 0.501. The van der Waals surface area contributed by atoms with Crippen molar-refractivity contribution in [2.45, 2.75) is 6.92 Å². The average Bonchev–Trinajstić information content (AvgIpc) is 1.93. The summed E-state index contributed by atoms with van der Waals surface area (Å²) in [5.74, 6) is 0.173. The highest BCUT2D eigenvalue weighted by Gasteiger charge is 2.13. The Morgan fingerprint density at radius 2 is 2.18 bits per heavy atom. The van der Waals surface area contributed by atoms with Gasteiger partial charge in [-0.05, 0) is 25.6 Å². The van der Waals surface area contributed by atoms with Crippen molar-refractivity contribution in [3.8, 4) is 0 Å². The van der Waals surface area contributed by atoms with Gasteiger partial charge < -0.3 is 0 Å². The minimum Gasteiger partial charge on any atom is -0.294 e. The number of hydrogen-bond acceptors (Lipinski definition) is 3. The van der Waals surface area contributed by atoms with Crippen LogP contribution in [0.4, 0.5) is 0 Å². The lowest BCUT2D eigenvalue weighted by molar-refractivity contribution is -0.116. The highest BCUT2D eigenvalue weighted by atomic mass is 32.1. The fourth-order valence-corrected chi connectivity index (χ4v) is 1.46. The van der Waals surface area contributed by atoms with E-state index in [4.69, 9.17) is 12.2 Å². The Kier molecular flexibility index (Phi) is 2.52. The number of hydrogen-bond donors (Lipinski definition) is 0. The fourth-order valence-electron chi connectivity index (χ4n) is 1.06. The van der Waals surface area contributed by atoms with E-state index in [-0.39, 0.29) is 5.78 Å². The number of likely N-dealkylation sites (N-methyl/N-ethyl adjacent to an activating group) is 1. The molecule has 60 valence electrons. The van der Waals surface area contributed by atoms with Gasteiger partial charge in [-0.25, -0.2) is 0 Å². The van der Waals surface area contributed by atoms with E-state index >= 15 is 0 Å². The van der Waals surface area contributed by atoms with Crippen LogP contribution in [0.25, 0.3) is 0 Å². The van der Waals surface area contributed by atoms with Crippen LogP contribution in [0.5, 0.6) is 0 Å². The Morgan fingerprint density at radius 3 is 2.82 bits per heavy atom. The summed E-state index contributed by atoms with van der Waals surface area (Å²) in [6.45, 7) is 3.02. The van der Waals surface area contributed by atoms with Crippen molar-refractivity contribution in [2.24, 2.45) is 0 Å². The first-order valence-electron chi connectivity index (χ1n) is 3.52. The maximum atomic E-state index is 11.2. The summed E-state index contributed by atoms with van der Waals surface area (Å²) in [5.41, 5.74) is 0.777. The van der Waals surface area contributed by atoms with Gasteiger partial charge in [-0.15, -0.1) is 0 Å². The third-order valence-electron chi connectivity index (χ3n) is 1.66. The molecule has 0 bridgehead atoms. The normalized spacial score (nSPS) is 21.5. The van der Waals surface area contributed by atoms with Gasteiger partial charge in [-0.2, -0.15) is 0 Å². The molecule has 3 heteroatoms. The zero-order valence-electron chi connectivity index (χ0n) is 6.76. The number of ketones is 1. The lowest BCUT2D eigenvalue weighted by Gasteiger charge is -2.10. The van der Waals surface area contributed by atoms with Crippen LogP contribution in [0.2, 0.25) is 0 Å². The molecule has 1 rings (SSSR count). The van der Waals surface area contributed by atoms with Crippen LogP contribution in [0.3, 0.4) is 0 Å². The largest absolute Gasteiger partial charge is 0.294 e. The van der Waals surface area contributed by atoms with Gasteiger partial charge in [0, 0.05) is 11.4 Å². The second-order valence-electron chi connectivity index (χ2n) is 2.89. The summed E-state index contributed by atoms with van der Waals surface area (Å²) in [4.78, 5) is 14.0. The highest BCUT2D eigenvalue weighted by Crippen LogP contribution is 2.03. The van der Waals surface area contributed by atoms with Crippen molar-refractivity contribution in [1.29, 1.82) is 0 Å². The molecular weight excluding hydrogens is 158 g/mol. The van der Waals surface area contributed by atoms with Crippen LogP contribution in [0, 0.1) is 0 Å². The van der Waals surface area contributed by atoms with Crippen molar-refractivity contribution < 1.29 is 4.79 Å². The summed E-state index contributed by atoms with van der Waals surface area (Å²) >= 11 is 5.03. The van der Waals surface area contributed by atoms with Crippen LogP contribution in [-0.4, -0.2) is 35.7 Å². The van der Waals surface area contributed by atoms with Crippen LogP contribution in [0.15, 0.2) is 11.6 Å². The molecule has 0 aliphatic carbocycles. The average molecular weight is 169 g/mol. The standard InChI is InChI=1S/C8H11NOS/c1-6-3-7(11)4-9(2)5-8(6)10/h3H,4-5H2,1-2H3. The van der Waals surface area contributed by atoms with Gasteiger partial charge in [-0.1, -0.05) is 12.2 Å². The Bertz CT molecular complexity index is 232. The molecule has 0 spiro atoms. The van der Waals surface area contributed by atoms with E-state index in [9.17, 15) is 4.79 Å². The van der Waals surface area contributed by atoms with E-state index in [2.05, 4.69) is 0 Å². The molecule has 1 aliphatic heterocycles. The second kappa shape index (κ2) is 3.24.